The average molecular weight is 427 g/mol. The van der Waals surface area contributed by atoms with Crippen molar-refractivity contribution in [3.8, 4) is 5.75 Å². The number of hydrogen-bond donors (Lipinski definition) is 0. The molecule has 162 valence electrons. The van der Waals surface area contributed by atoms with Gasteiger partial charge >= 0.3 is 6.61 Å². The van der Waals surface area contributed by atoms with Crippen LogP contribution in [0.4, 0.5) is 8.78 Å². The zero-order valence-electron chi connectivity index (χ0n) is 17.1. The third kappa shape index (κ3) is 4.90. The Kier molecular flexibility index (Phi) is 5.97. The quantitative estimate of drug-likeness (QED) is 0.547. The summed E-state index contributed by atoms with van der Waals surface area (Å²) in [6.07, 6.45) is 2.50. The van der Waals surface area contributed by atoms with Crippen LogP contribution in [0, 0.1) is 0 Å². The lowest BCUT2D eigenvalue weighted by atomic mass is 10.2. The number of aryl methyl sites for hydroxylation is 1. The molecule has 1 fully saturated rings. The lowest BCUT2D eigenvalue weighted by Crippen LogP contribution is -2.29. The Morgan fingerprint density at radius 2 is 1.90 bits per heavy atom. The van der Waals surface area contributed by atoms with Gasteiger partial charge in [0, 0.05) is 32.5 Å². The van der Waals surface area contributed by atoms with E-state index in [9.17, 15) is 18.4 Å². The number of para-hydroxylation sites is 1. The first-order chi connectivity index (χ1) is 14.9. The highest BCUT2D eigenvalue weighted by atomic mass is 19.3. The minimum absolute atomic E-state index is 0.0463. The molecule has 4 rings (SSSR count). The van der Waals surface area contributed by atoms with E-state index in [1.165, 1.54) is 12.1 Å². The normalized spacial score (nSPS) is 13.5. The van der Waals surface area contributed by atoms with Crippen molar-refractivity contribution >= 4 is 16.8 Å². The van der Waals surface area contributed by atoms with E-state index in [-0.39, 0.29) is 29.7 Å². The summed E-state index contributed by atoms with van der Waals surface area (Å²) in [7, 11) is 1.69. The number of carbonyl (C=O) groups excluding carboxylic acids is 1. The van der Waals surface area contributed by atoms with Crippen LogP contribution in [-0.2, 0) is 17.8 Å². The molecule has 0 bridgehead atoms. The molecule has 0 radical (unpaired) electrons. The van der Waals surface area contributed by atoms with Crippen LogP contribution in [0.2, 0.25) is 0 Å². The number of nitrogens with zero attached hydrogens (tertiary/aromatic N) is 3. The second-order valence-electron chi connectivity index (χ2n) is 7.72. The van der Waals surface area contributed by atoms with Gasteiger partial charge in [0.25, 0.3) is 5.56 Å². The molecule has 1 saturated carbocycles. The summed E-state index contributed by atoms with van der Waals surface area (Å²) in [6, 6.07) is 13.6. The molecule has 0 atom stereocenters. The van der Waals surface area contributed by atoms with Gasteiger partial charge in [0.05, 0.1) is 10.9 Å². The number of aromatic nitrogens is 2. The molecular weight excluding hydrogens is 404 g/mol. The smallest absolute Gasteiger partial charge is 0.387 e. The fraction of sp³-hybridized carbons (Fsp3) is 0.348. The fourth-order valence-corrected chi connectivity index (χ4v) is 3.63. The van der Waals surface area contributed by atoms with Gasteiger partial charge < -0.3 is 9.64 Å². The third-order valence-corrected chi connectivity index (χ3v) is 5.35. The number of ether oxygens (including phenoxy) is 1. The van der Waals surface area contributed by atoms with Crippen molar-refractivity contribution in [2.45, 2.75) is 44.9 Å². The van der Waals surface area contributed by atoms with Crippen molar-refractivity contribution in [3.63, 3.8) is 0 Å². The maximum absolute atomic E-state index is 12.9. The van der Waals surface area contributed by atoms with Crippen LogP contribution >= 0.6 is 0 Å². The molecule has 6 nitrogen and oxygen atoms in total. The van der Waals surface area contributed by atoms with E-state index in [0.717, 1.165) is 18.4 Å². The predicted octanol–water partition coefficient (Wildman–Crippen LogP) is 3.92. The van der Waals surface area contributed by atoms with Crippen LogP contribution in [0.25, 0.3) is 10.9 Å². The van der Waals surface area contributed by atoms with Crippen molar-refractivity contribution in [3.05, 3.63) is 70.3 Å². The first-order valence-corrected chi connectivity index (χ1v) is 10.2. The minimum Gasteiger partial charge on any atom is -0.435 e. The number of alkyl halides is 2. The molecule has 31 heavy (non-hydrogen) atoms. The number of carbonyl (C=O) groups is 1. The highest BCUT2D eigenvalue weighted by Gasteiger charge is 2.28. The summed E-state index contributed by atoms with van der Waals surface area (Å²) in [5.74, 6) is 0.632. The molecule has 3 aromatic rings. The fourth-order valence-electron chi connectivity index (χ4n) is 3.63. The van der Waals surface area contributed by atoms with E-state index in [4.69, 9.17) is 0 Å². The number of fused-ring (bicyclic) bond motifs is 1. The standard InChI is InChI=1S/C23H23F2N3O3/c1-27(14-15-6-10-17(11-7-15)31-23(24)25)21(29)13-12-20-26-19-5-3-2-4-18(19)22(30)28(20)16-8-9-16/h2-7,10-11,16,23H,8-9,12-14H2,1H3. The van der Waals surface area contributed by atoms with Crippen LogP contribution in [0.3, 0.4) is 0 Å². The summed E-state index contributed by atoms with van der Waals surface area (Å²) >= 11 is 0. The molecule has 0 spiro atoms. The maximum atomic E-state index is 12.9. The molecule has 0 saturated heterocycles. The van der Waals surface area contributed by atoms with Gasteiger partial charge in [0.1, 0.15) is 11.6 Å². The van der Waals surface area contributed by atoms with Crippen molar-refractivity contribution in [1.82, 2.24) is 14.5 Å². The van der Waals surface area contributed by atoms with Gasteiger partial charge in [0.15, 0.2) is 0 Å². The molecule has 1 amide bonds. The van der Waals surface area contributed by atoms with Crippen molar-refractivity contribution < 1.29 is 18.3 Å². The predicted molar refractivity (Wildman–Crippen MR) is 112 cm³/mol. The van der Waals surface area contributed by atoms with E-state index < -0.39 is 6.61 Å². The maximum Gasteiger partial charge on any atom is 0.387 e. The van der Waals surface area contributed by atoms with E-state index in [0.29, 0.717) is 29.7 Å². The van der Waals surface area contributed by atoms with E-state index in [1.807, 2.05) is 18.2 Å². The van der Waals surface area contributed by atoms with Crippen LogP contribution < -0.4 is 10.3 Å². The van der Waals surface area contributed by atoms with Gasteiger partial charge in [-0.1, -0.05) is 24.3 Å². The van der Waals surface area contributed by atoms with Gasteiger partial charge in [-0.2, -0.15) is 8.78 Å². The molecule has 0 aliphatic heterocycles. The average Bonchev–Trinajstić information content (AvgIpc) is 3.58. The monoisotopic (exact) mass is 427 g/mol. The van der Waals surface area contributed by atoms with Crippen LogP contribution in [0.5, 0.6) is 5.75 Å². The Bertz CT molecular complexity index is 1140. The van der Waals surface area contributed by atoms with Crippen molar-refractivity contribution in [1.29, 1.82) is 0 Å². The third-order valence-electron chi connectivity index (χ3n) is 5.35. The first kappa shape index (κ1) is 21.0. The SMILES string of the molecule is CN(Cc1ccc(OC(F)F)cc1)C(=O)CCc1nc2ccccc2c(=O)n1C1CC1. The number of halogens is 2. The van der Waals surface area contributed by atoms with Crippen molar-refractivity contribution in [2.75, 3.05) is 7.05 Å². The van der Waals surface area contributed by atoms with Crippen molar-refractivity contribution in [2.24, 2.45) is 0 Å². The minimum atomic E-state index is -2.87. The Morgan fingerprint density at radius 1 is 1.19 bits per heavy atom. The molecule has 1 aromatic heterocycles. The Balaban J connectivity index is 1.43. The molecule has 0 N–H and O–H groups in total. The molecular formula is C23H23F2N3O3. The van der Waals surface area contributed by atoms with Crippen LogP contribution in [0.1, 0.15) is 36.7 Å². The Labute approximate surface area is 178 Å². The highest BCUT2D eigenvalue weighted by Crippen LogP contribution is 2.35. The summed E-state index contributed by atoms with van der Waals surface area (Å²) < 4.78 is 30.6. The topological polar surface area (TPSA) is 64.4 Å². The van der Waals surface area contributed by atoms with Crippen LogP contribution in [0.15, 0.2) is 53.3 Å². The lowest BCUT2D eigenvalue weighted by Gasteiger charge is -2.18. The number of amides is 1. The molecule has 2 aromatic carbocycles. The molecule has 0 unspecified atom stereocenters. The zero-order chi connectivity index (χ0) is 22.0. The molecule has 8 heteroatoms. The molecule has 1 heterocycles. The Hall–Kier alpha value is -3.29. The molecule has 1 aliphatic rings. The number of hydrogen-bond acceptors (Lipinski definition) is 4. The van der Waals surface area contributed by atoms with E-state index in [1.54, 1.807) is 34.7 Å². The number of benzene rings is 2. The number of rotatable bonds is 8. The van der Waals surface area contributed by atoms with Gasteiger partial charge in [-0.05, 0) is 42.7 Å². The molecule has 1 aliphatic carbocycles. The van der Waals surface area contributed by atoms with E-state index >= 15 is 0 Å². The second-order valence-corrected chi connectivity index (χ2v) is 7.72. The first-order valence-electron chi connectivity index (χ1n) is 10.2. The largest absolute Gasteiger partial charge is 0.435 e. The van der Waals surface area contributed by atoms with Gasteiger partial charge in [-0.3, -0.25) is 14.2 Å². The summed E-state index contributed by atoms with van der Waals surface area (Å²) in [4.78, 5) is 31.8. The summed E-state index contributed by atoms with van der Waals surface area (Å²) in [6.45, 7) is -2.53. The van der Waals surface area contributed by atoms with E-state index in [2.05, 4.69) is 9.72 Å². The Morgan fingerprint density at radius 3 is 2.58 bits per heavy atom. The zero-order valence-corrected chi connectivity index (χ0v) is 17.1. The van der Waals surface area contributed by atoms with Gasteiger partial charge in [-0.15, -0.1) is 0 Å². The summed E-state index contributed by atoms with van der Waals surface area (Å²) in [5, 5.41) is 0.598. The second kappa shape index (κ2) is 8.83. The van der Waals surface area contributed by atoms with Gasteiger partial charge in [-0.25, -0.2) is 4.98 Å². The van der Waals surface area contributed by atoms with Crippen LogP contribution in [-0.4, -0.2) is 34.0 Å². The van der Waals surface area contributed by atoms with Gasteiger partial charge in [0.2, 0.25) is 5.91 Å². The summed E-state index contributed by atoms with van der Waals surface area (Å²) in [5.41, 5.74) is 1.40. The highest BCUT2D eigenvalue weighted by molar-refractivity contribution is 5.78. The lowest BCUT2D eigenvalue weighted by molar-refractivity contribution is -0.130.